The average Bonchev–Trinajstić information content (AvgIpc) is 2.70. The lowest BCUT2D eigenvalue weighted by Gasteiger charge is -2.25. The minimum Gasteiger partial charge on any atom is -0.486 e. The van der Waals surface area contributed by atoms with Gasteiger partial charge in [0.15, 0.2) is 11.5 Å². The lowest BCUT2D eigenvalue weighted by Crippen LogP contribution is -2.31. The molecule has 0 aliphatic carbocycles. The Kier molecular flexibility index (Phi) is 5.85. The van der Waals surface area contributed by atoms with E-state index in [9.17, 15) is 14.9 Å². The molecule has 27 heavy (non-hydrogen) atoms. The molecular weight excluding hydrogens is 368 g/mol. The predicted molar refractivity (Wildman–Crippen MR) is 102 cm³/mol. The Hall–Kier alpha value is -2.74. The first kappa shape index (κ1) is 19.0. The number of rotatable bonds is 6. The first-order valence-corrected chi connectivity index (χ1v) is 9.46. The zero-order valence-corrected chi connectivity index (χ0v) is 15.9. The van der Waals surface area contributed by atoms with E-state index in [4.69, 9.17) is 9.47 Å². The molecule has 0 radical (unpaired) electrons. The Balaban J connectivity index is 1.62. The molecule has 1 amide bonds. The van der Waals surface area contributed by atoms with E-state index in [1.807, 2.05) is 25.1 Å². The summed E-state index contributed by atoms with van der Waals surface area (Å²) in [6.07, 6.45) is 0. The van der Waals surface area contributed by atoms with E-state index in [-0.39, 0.29) is 23.4 Å². The number of non-ortho nitro benzene ring substituents is 1. The molecule has 1 aliphatic heterocycles. The van der Waals surface area contributed by atoms with Gasteiger partial charge in [-0.3, -0.25) is 14.9 Å². The number of carbonyl (C=O) groups excluding carboxylic acids is 1. The number of nitrogens with zero attached hydrogens (tertiary/aromatic N) is 2. The summed E-state index contributed by atoms with van der Waals surface area (Å²) in [5.74, 6) is 1.61. The van der Waals surface area contributed by atoms with E-state index in [1.54, 1.807) is 24.1 Å². The van der Waals surface area contributed by atoms with Crippen LogP contribution in [-0.4, -0.2) is 41.7 Å². The molecule has 0 spiro atoms. The summed E-state index contributed by atoms with van der Waals surface area (Å²) in [5.41, 5.74) is 0.746. The van der Waals surface area contributed by atoms with E-state index < -0.39 is 4.92 Å². The van der Waals surface area contributed by atoms with Crippen LogP contribution in [-0.2, 0) is 4.79 Å². The topological polar surface area (TPSA) is 81.9 Å². The number of nitro groups is 1. The van der Waals surface area contributed by atoms with Gasteiger partial charge in [0.05, 0.1) is 16.7 Å². The number of nitro benzene ring substituents is 1. The van der Waals surface area contributed by atoms with E-state index in [1.165, 1.54) is 23.9 Å². The van der Waals surface area contributed by atoms with Gasteiger partial charge in [0, 0.05) is 24.1 Å². The van der Waals surface area contributed by atoms with Gasteiger partial charge in [-0.05, 0) is 30.7 Å². The molecule has 8 heteroatoms. The van der Waals surface area contributed by atoms with Crippen LogP contribution in [0.4, 0.5) is 5.69 Å². The fraction of sp³-hybridized carbons (Fsp3) is 0.316. The van der Waals surface area contributed by atoms with Crippen molar-refractivity contribution in [2.45, 2.75) is 17.9 Å². The lowest BCUT2D eigenvalue weighted by molar-refractivity contribution is -0.384. The van der Waals surface area contributed by atoms with E-state index in [2.05, 4.69) is 0 Å². The second-order valence-corrected chi connectivity index (χ2v) is 7.18. The molecule has 7 nitrogen and oxygen atoms in total. The van der Waals surface area contributed by atoms with Crippen molar-refractivity contribution in [3.05, 3.63) is 58.1 Å². The lowest BCUT2D eigenvalue weighted by atomic mass is 10.1. The third kappa shape index (κ3) is 4.51. The molecule has 1 aliphatic rings. The van der Waals surface area contributed by atoms with Crippen LogP contribution in [0.25, 0.3) is 0 Å². The quantitative estimate of drug-likeness (QED) is 0.427. The van der Waals surface area contributed by atoms with Crippen molar-refractivity contribution in [3.63, 3.8) is 0 Å². The maximum absolute atomic E-state index is 12.6. The van der Waals surface area contributed by atoms with Crippen LogP contribution in [0.1, 0.15) is 18.5 Å². The van der Waals surface area contributed by atoms with Crippen molar-refractivity contribution in [2.75, 3.05) is 26.0 Å². The summed E-state index contributed by atoms with van der Waals surface area (Å²) in [4.78, 5) is 25.6. The van der Waals surface area contributed by atoms with Crippen LogP contribution in [0.15, 0.2) is 47.4 Å². The van der Waals surface area contributed by atoms with Crippen LogP contribution in [0.2, 0.25) is 0 Å². The van der Waals surface area contributed by atoms with Crippen molar-refractivity contribution in [2.24, 2.45) is 0 Å². The number of thioether (sulfide) groups is 1. The maximum Gasteiger partial charge on any atom is 0.269 e. The highest BCUT2D eigenvalue weighted by atomic mass is 32.2. The monoisotopic (exact) mass is 388 g/mol. The first-order valence-electron chi connectivity index (χ1n) is 8.48. The normalized spacial score (nSPS) is 13.7. The van der Waals surface area contributed by atoms with Gasteiger partial charge in [-0.15, -0.1) is 11.8 Å². The van der Waals surface area contributed by atoms with E-state index in [0.717, 1.165) is 10.5 Å². The number of ether oxygens (including phenoxy) is 2. The molecule has 0 saturated heterocycles. The van der Waals surface area contributed by atoms with Crippen LogP contribution < -0.4 is 9.47 Å². The SMILES string of the molecule is CC(c1cccc([N+](=O)[O-])c1)N(C)C(=O)CSc1ccc2c(c1)OCCO2. The molecule has 0 bridgehead atoms. The second kappa shape index (κ2) is 8.30. The van der Waals surface area contributed by atoms with Crippen LogP contribution >= 0.6 is 11.8 Å². The van der Waals surface area contributed by atoms with E-state index in [0.29, 0.717) is 24.7 Å². The van der Waals surface area contributed by atoms with Gasteiger partial charge in [0.2, 0.25) is 5.91 Å². The third-order valence-corrected chi connectivity index (χ3v) is 5.39. The van der Waals surface area contributed by atoms with Gasteiger partial charge in [-0.2, -0.15) is 0 Å². The molecule has 2 aromatic carbocycles. The molecule has 0 fully saturated rings. The van der Waals surface area contributed by atoms with Gasteiger partial charge >= 0.3 is 0 Å². The summed E-state index contributed by atoms with van der Waals surface area (Å²) in [5, 5.41) is 10.9. The standard InChI is InChI=1S/C19H20N2O5S/c1-13(14-4-3-5-15(10-14)21(23)24)20(2)19(22)12-27-16-6-7-17-18(11-16)26-9-8-25-17/h3-7,10-11,13H,8-9,12H2,1-2H3. The average molecular weight is 388 g/mol. The van der Waals surface area contributed by atoms with Gasteiger partial charge in [0.25, 0.3) is 5.69 Å². The summed E-state index contributed by atoms with van der Waals surface area (Å²) in [6.45, 7) is 2.91. The summed E-state index contributed by atoms with van der Waals surface area (Å²) >= 11 is 1.42. The second-order valence-electron chi connectivity index (χ2n) is 6.13. The zero-order valence-electron chi connectivity index (χ0n) is 15.1. The highest BCUT2D eigenvalue weighted by Crippen LogP contribution is 2.34. The molecule has 0 saturated carbocycles. The fourth-order valence-corrected chi connectivity index (χ4v) is 3.55. The highest BCUT2D eigenvalue weighted by Gasteiger charge is 2.20. The summed E-state index contributed by atoms with van der Waals surface area (Å²) in [7, 11) is 1.70. The van der Waals surface area contributed by atoms with Crippen LogP contribution in [0.5, 0.6) is 11.5 Å². The number of amides is 1. The molecule has 2 aromatic rings. The molecule has 1 heterocycles. The van der Waals surface area contributed by atoms with Crippen LogP contribution in [0, 0.1) is 10.1 Å². The minimum absolute atomic E-state index is 0.0193. The van der Waals surface area contributed by atoms with Gasteiger partial charge in [-0.1, -0.05) is 12.1 Å². The Morgan fingerprint density at radius 3 is 2.70 bits per heavy atom. The number of fused-ring (bicyclic) bond motifs is 1. The largest absolute Gasteiger partial charge is 0.486 e. The Morgan fingerprint density at radius 2 is 1.96 bits per heavy atom. The maximum atomic E-state index is 12.6. The molecular formula is C19H20N2O5S. The zero-order chi connectivity index (χ0) is 19.4. The first-order chi connectivity index (χ1) is 13.0. The third-order valence-electron chi connectivity index (χ3n) is 4.41. The molecule has 142 valence electrons. The fourth-order valence-electron chi connectivity index (χ4n) is 2.70. The predicted octanol–water partition coefficient (Wildman–Crippen LogP) is 3.68. The smallest absolute Gasteiger partial charge is 0.269 e. The van der Waals surface area contributed by atoms with E-state index >= 15 is 0 Å². The van der Waals surface area contributed by atoms with Crippen molar-refractivity contribution in [1.29, 1.82) is 0 Å². The number of hydrogen-bond donors (Lipinski definition) is 0. The number of hydrogen-bond acceptors (Lipinski definition) is 6. The van der Waals surface area contributed by atoms with Gasteiger partial charge in [-0.25, -0.2) is 0 Å². The minimum atomic E-state index is -0.435. The van der Waals surface area contributed by atoms with Crippen molar-refractivity contribution in [1.82, 2.24) is 4.90 Å². The molecule has 0 N–H and O–H groups in total. The van der Waals surface area contributed by atoms with Crippen LogP contribution in [0.3, 0.4) is 0 Å². The van der Waals surface area contributed by atoms with Gasteiger partial charge < -0.3 is 14.4 Å². The highest BCUT2D eigenvalue weighted by molar-refractivity contribution is 8.00. The summed E-state index contributed by atoms with van der Waals surface area (Å²) < 4.78 is 11.0. The Bertz CT molecular complexity index is 858. The molecule has 1 atom stereocenters. The Morgan fingerprint density at radius 1 is 1.22 bits per heavy atom. The molecule has 0 aromatic heterocycles. The van der Waals surface area contributed by atoms with Crippen molar-refractivity contribution in [3.8, 4) is 11.5 Å². The van der Waals surface area contributed by atoms with Gasteiger partial charge in [0.1, 0.15) is 13.2 Å². The summed E-state index contributed by atoms with van der Waals surface area (Å²) in [6, 6.07) is 11.7. The molecule has 3 rings (SSSR count). The van der Waals surface area contributed by atoms with Crippen molar-refractivity contribution < 1.29 is 19.2 Å². The van der Waals surface area contributed by atoms with Crippen molar-refractivity contribution >= 4 is 23.4 Å². The number of carbonyl (C=O) groups is 1. The number of benzene rings is 2. The Labute approximate surface area is 161 Å². The molecule has 1 unspecified atom stereocenters.